The van der Waals surface area contributed by atoms with Gasteiger partial charge in [0.15, 0.2) is 0 Å². The second-order valence-electron chi connectivity index (χ2n) is 6.97. The molecule has 1 heterocycles. The number of aromatic nitrogens is 2. The molecule has 4 aromatic rings. The van der Waals surface area contributed by atoms with Gasteiger partial charge in [0.25, 0.3) is 10.0 Å². The molecule has 4 rings (SSSR count). The third-order valence-corrected chi connectivity index (χ3v) is 6.31. The summed E-state index contributed by atoms with van der Waals surface area (Å²) in [5, 5.41) is 7.50. The molecule has 0 fully saturated rings. The van der Waals surface area contributed by atoms with E-state index in [0.29, 0.717) is 23.2 Å². The van der Waals surface area contributed by atoms with Crippen molar-refractivity contribution in [1.82, 2.24) is 9.55 Å². The number of nitrogens with zero attached hydrogens (tertiary/aromatic N) is 2. The van der Waals surface area contributed by atoms with Gasteiger partial charge >= 0.3 is 0 Å². The number of halogens is 1. The van der Waals surface area contributed by atoms with Crippen molar-refractivity contribution in [3.63, 3.8) is 0 Å². The fourth-order valence-corrected chi connectivity index (χ4v) is 4.38. The topological polar surface area (TPSA) is 114 Å². The molecule has 1 aromatic heterocycles. The van der Waals surface area contributed by atoms with Crippen molar-refractivity contribution in [2.75, 3.05) is 4.72 Å². The number of nitrogen functional groups attached to an aromatic ring is 1. The molecular weight excluding hydrogens is 434 g/mol. The van der Waals surface area contributed by atoms with Gasteiger partial charge < -0.3 is 10.3 Å². The van der Waals surface area contributed by atoms with Gasteiger partial charge in [-0.1, -0.05) is 48.5 Å². The number of sulfonamides is 1. The fraction of sp³-hybridized carbons (Fsp3) is 0.0909. The lowest BCUT2D eigenvalue weighted by Gasteiger charge is -2.08. The van der Waals surface area contributed by atoms with Crippen LogP contribution in [0, 0.1) is 5.41 Å². The average Bonchev–Trinajstić information content (AvgIpc) is 3.05. The normalized spacial score (nSPS) is 11.1. The van der Waals surface area contributed by atoms with E-state index in [4.69, 9.17) is 16.1 Å². The van der Waals surface area contributed by atoms with Crippen LogP contribution in [-0.2, 0) is 23.5 Å². The highest BCUT2D eigenvalue weighted by atomic mass is 35.5. The molecule has 0 aliphatic rings. The molecule has 0 saturated carbocycles. The zero-order valence-corrected chi connectivity index (χ0v) is 18.4. The first-order valence-electron chi connectivity index (χ1n) is 9.31. The third-order valence-electron chi connectivity index (χ3n) is 4.93. The standard InChI is InChI=1S/C22H21N5O2S.ClH/c1-27-19-9-5-8-18(26-30(28,29)17-6-3-2-4-7-17)21(19)25-20(27)14-15-10-12-16(13-11-15)22(23)24;/h2-13,26H,14H2,1H3,(H3,23,24);1H. The van der Waals surface area contributed by atoms with Crippen LogP contribution in [-0.4, -0.2) is 23.8 Å². The predicted octanol–water partition coefficient (Wildman–Crippen LogP) is 3.67. The second-order valence-corrected chi connectivity index (χ2v) is 8.65. The molecule has 0 bridgehead atoms. The van der Waals surface area contributed by atoms with E-state index in [9.17, 15) is 8.42 Å². The first-order chi connectivity index (χ1) is 14.3. The predicted molar refractivity (Wildman–Crippen MR) is 125 cm³/mol. The number of amidine groups is 1. The Labute approximate surface area is 186 Å². The highest BCUT2D eigenvalue weighted by Crippen LogP contribution is 2.26. The number of benzene rings is 3. The van der Waals surface area contributed by atoms with Crippen LogP contribution in [0.2, 0.25) is 0 Å². The molecule has 9 heteroatoms. The lowest BCUT2D eigenvalue weighted by atomic mass is 10.1. The number of hydrogen-bond acceptors (Lipinski definition) is 4. The van der Waals surface area contributed by atoms with Crippen molar-refractivity contribution in [2.45, 2.75) is 11.3 Å². The Hall–Kier alpha value is -3.36. The zero-order chi connectivity index (χ0) is 21.3. The van der Waals surface area contributed by atoms with Crippen LogP contribution < -0.4 is 10.5 Å². The number of nitrogens with one attached hydrogen (secondary N) is 2. The van der Waals surface area contributed by atoms with Gasteiger partial charge in [-0.3, -0.25) is 10.1 Å². The highest BCUT2D eigenvalue weighted by molar-refractivity contribution is 7.92. The highest BCUT2D eigenvalue weighted by Gasteiger charge is 2.18. The van der Waals surface area contributed by atoms with Crippen LogP contribution in [0.4, 0.5) is 5.69 Å². The molecule has 3 aromatic carbocycles. The minimum Gasteiger partial charge on any atom is -0.384 e. The van der Waals surface area contributed by atoms with E-state index in [1.54, 1.807) is 54.6 Å². The number of imidazole rings is 1. The summed E-state index contributed by atoms with van der Waals surface area (Å²) in [6, 6.07) is 21.1. The average molecular weight is 456 g/mol. The quantitative estimate of drug-likeness (QED) is 0.304. The molecule has 4 N–H and O–H groups in total. The lowest BCUT2D eigenvalue weighted by Crippen LogP contribution is -2.13. The fourth-order valence-electron chi connectivity index (χ4n) is 3.29. The molecule has 0 amide bonds. The molecule has 0 unspecified atom stereocenters. The van der Waals surface area contributed by atoms with E-state index in [0.717, 1.165) is 16.9 Å². The Bertz CT molecular complexity index is 1330. The first kappa shape index (κ1) is 22.3. The van der Waals surface area contributed by atoms with Gasteiger partial charge in [-0.2, -0.15) is 0 Å². The smallest absolute Gasteiger partial charge is 0.261 e. The van der Waals surface area contributed by atoms with E-state index in [1.807, 2.05) is 29.8 Å². The molecule has 0 aliphatic carbocycles. The zero-order valence-electron chi connectivity index (χ0n) is 16.7. The minimum atomic E-state index is -3.71. The van der Waals surface area contributed by atoms with Crippen LogP contribution in [0.3, 0.4) is 0 Å². The largest absolute Gasteiger partial charge is 0.384 e. The van der Waals surface area contributed by atoms with Gasteiger partial charge in [-0.25, -0.2) is 13.4 Å². The molecule has 0 aliphatic heterocycles. The number of para-hydroxylation sites is 1. The van der Waals surface area contributed by atoms with Crippen molar-refractivity contribution in [1.29, 1.82) is 5.41 Å². The molecule has 0 atom stereocenters. The maximum atomic E-state index is 12.7. The number of nitrogens with two attached hydrogens (primary N) is 1. The van der Waals surface area contributed by atoms with E-state index < -0.39 is 10.0 Å². The summed E-state index contributed by atoms with van der Waals surface area (Å²) in [6.45, 7) is 0. The lowest BCUT2D eigenvalue weighted by molar-refractivity contribution is 0.601. The van der Waals surface area contributed by atoms with E-state index in [-0.39, 0.29) is 23.1 Å². The first-order valence-corrected chi connectivity index (χ1v) is 10.8. The Morgan fingerprint density at radius 1 is 1.03 bits per heavy atom. The maximum absolute atomic E-state index is 12.7. The van der Waals surface area contributed by atoms with Gasteiger partial charge in [0.2, 0.25) is 0 Å². The summed E-state index contributed by atoms with van der Waals surface area (Å²) < 4.78 is 30.1. The summed E-state index contributed by atoms with van der Waals surface area (Å²) >= 11 is 0. The van der Waals surface area contributed by atoms with Gasteiger partial charge in [-0.05, 0) is 29.8 Å². The minimum absolute atomic E-state index is 0. The SMILES string of the molecule is Cl.Cn1c(Cc2ccc(C(=N)N)cc2)nc2c(NS(=O)(=O)c3ccccc3)cccc21. The van der Waals surface area contributed by atoms with E-state index >= 15 is 0 Å². The van der Waals surface area contributed by atoms with Gasteiger partial charge in [0.1, 0.15) is 17.2 Å². The summed E-state index contributed by atoms with van der Waals surface area (Å²) in [5.41, 5.74) is 9.06. The summed E-state index contributed by atoms with van der Waals surface area (Å²) in [7, 11) is -1.80. The number of fused-ring (bicyclic) bond motifs is 1. The summed E-state index contributed by atoms with van der Waals surface area (Å²) in [5.74, 6) is 0.826. The molecule has 0 spiro atoms. The Morgan fingerprint density at radius 2 is 1.71 bits per heavy atom. The van der Waals surface area contributed by atoms with Crippen LogP contribution in [0.15, 0.2) is 77.7 Å². The van der Waals surface area contributed by atoms with Crippen molar-refractivity contribution in [3.8, 4) is 0 Å². The second kappa shape index (κ2) is 8.79. The third kappa shape index (κ3) is 4.55. The summed E-state index contributed by atoms with van der Waals surface area (Å²) in [6.07, 6.45) is 0.564. The number of hydrogen-bond donors (Lipinski definition) is 3. The van der Waals surface area contributed by atoms with Crippen LogP contribution in [0.1, 0.15) is 17.0 Å². The number of rotatable bonds is 6. The number of anilines is 1. The van der Waals surface area contributed by atoms with Gasteiger partial charge in [-0.15, -0.1) is 12.4 Å². The molecule has 7 nitrogen and oxygen atoms in total. The van der Waals surface area contributed by atoms with Crippen molar-refractivity contribution in [3.05, 3.63) is 89.7 Å². The van der Waals surface area contributed by atoms with Crippen molar-refractivity contribution in [2.24, 2.45) is 12.8 Å². The summed E-state index contributed by atoms with van der Waals surface area (Å²) in [4.78, 5) is 4.91. The Balaban J connectivity index is 0.00000272. The molecule has 160 valence electrons. The Kier molecular flexibility index (Phi) is 6.33. The van der Waals surface area contributed by atoms with Crippen LogP contribution in [0.25, 0.3) is 11.0 Å². The van der Waals surface area contributed by atoms with Crippen LogP contribution in [0.5, 0.6) is 0 Å². The van der Waals surface area contributed by atoms with Crippen molar-refractivity contribution >= 4 is 45.0 Å². The maximum Gasteiger partial charge on any atom is 0.261 e. The molecular formula is C22H22ClN5O2S. The van der Waals surface area contributed by atoms with Gasteiger partial charge in [0.05, 0.1) is 16.1 Å². The van der Waals surface area contributed by atoms with E-state index in [2.05, 4.69) is 4.72 Å². The molecule has 0 saturated heterocycles. The van der Waals surface area contributed by atoms with E-state index in [1.165, 1.54) is 0 Å². The molecule has 0 radical (unpaired) electrons. The number of aryl methyl sites for hydroxylation is 1. The van der Waals surface area contributed by atoms with Crippen LogP contribution >= 0.6 is 12.4 Å². The monoisotopic (exact) mass is 455 g/mol. The van der Waals surface area contributed by atoms with Crippen molar-refractivity contribution < 1.29 is 8.42 Å². The Morgan fingerprint density at radius 3 is 2.35 bits per heavy atom. The molecule has 31 heavy (non-hydrogen) atoms. The van der Waals surface area contributed by atoms with Gasteiger partial charge in [0, 0.05) is 19.0 Å².